The predicted molar refractivity (Wildman–Crippen MR) is 192 cm³/mol. The second-order valence-corrected chi connectivity index (χ2v) is 16.2. The molecule has 3 heterocycles. The Morgan fingerprint density at radius 1 is 0.765 bits per heavy atom. The van der Waals surface area contributed by atoms with Crippen molar-refractivity contribution in [3.63, 3.8) is 0 Å². The number of H-pyrrole nitrogens is 1. The fourth-order valence-corrected chi connectivity index (χ4v) is 8.11. The van der Waals surface area contributed by atoms with E-state index in [1.807, 2.05) is 0 Å². The molecule has 8 atom stereocenters. The number of piperidine rings is 1. The van der Waals surface area contributed by atoms with Gasteiger partial charge in [0.05, 0.1) is 31.6 Å². The summed E-state index contributed by atoms with van der Waals surface area (Å²) < 4.78 is 37.7. The minimum Gasteiger partial charge on any atom is -0.389 e. The van der Waals surface area contributed by atoms with Crippen LogP contribution < -0.4 is 11.2 Å². The first-order valence-electron chi connectivity index (χ1n) is 19.1. The molecule has 2 aliphatic rings. The van der Waals surface area contributed by atoms with Gasteiger partial charge in [0.1, 0.15) is 24.4 Å². The summed E-state index contributed by atoms with van der Waals surface area (Å²) in [6.07, 6.45) is 10.3. The van der Waals surface area contributed by atoms with Gasteiger partial charge in [-0.3, -0.25) is 23.8 Å². The number of nitrogens with one attached hydrogen (secondary N) is 1. The zero-order valence-electron chi connectivity index (χ0n) is 30.4. The van der Waals surface area contributed by atoms with Crippen LogP contribution in [0.4, 0.5) is 0 Å². The predicted octanol–water partition coefficient (Wildman–Crippen LogP) is 2.67. The summed E-state index contributed by atoms with van der Waals surface area (Å²) in [7, 11) is -3.85. The first-order valence-corrected chi connectivity index (χ1v) is 20.8. The molecule has 0 amide bonds. The Hall–Kier alpha value is -1.49. The molecule has 51 heavy (non-hydrogen) atoms. The highest BCUT2D eigenvalue weighted by Gasteiger charge is 2.45. The van der Waals surface area contributed by atoms with Gasteiger partial charge >= 0.3 is 13.3 Å². The standard InChI is InChI=1S/C35H64N3O12P/c1-2-3-4-5-6-7-8-9-10-11-12-13-14-15-20-47-21-16-22-48-51(46,23-19-37-24-27(39)31(42)28(40)25-37)49-26-29-32(43)33(44)34(50-29)38-18-17-30(41)36-35(38)45/h17-18,27-29,31-34,39-40,42-44H,2-16,19-26H2,1H3,(H,36,41,45)/t27-,28+,29-,31?,32-,33-,34-,51?/m1/s1. The van der Waals surface area contributed by atoms with Gasteiger partial charge in [0, 0.05) is 45.1 Å². The lowest BCUT2D eigenvalue weighted by Gasteiger charge is -2.37. The Morgan fingerprint density at radius 3 is 1.92 bits per heavy atom. The van der Waals surface area contributed by atoms with Crippen molar-refractivity contribution in [1.29, 1.82) is 0 Å². The van der Waals surface area contributed by atoms with Crippen LogP contribution in [0, 0.1) is 0 Å². The highest BCUT2D eigenvalue weighted by Crippen LogP contribution is 2.49. The van der Waals surface area contributed by atoms with Gasteiger partial charge in [-0.1, -0.05) is 90.4 Å². The van der Waals surface area contributed by atoms with E-state index in [2.05, 4.69) is 11.9 Å². The minimum atomic E-state index is -3.85. The monoisotopic (exact) mass is 749 g/mol. The van der Waals surface area contributed by atoms with Crippen LogP contribution in [0.2, 0.25) is 0 Å². The maximum atomic E-state index is 13.9. The van der Waals surface area contributed by atoms with Crippen molar-refractivity contribution in [2.24, 2.45) is 0 Å². The molecule has 0 spiro atoms. The first-order chi connectivity index (χ1) is 24.5. The highest BCUT2D eigenvalue weighted by atomic mass is 31.2. The normalized spacial score (nSPS) is 26.8. The van der Waals surface area contributed by atoms with Crippen LogP contribution in [0.25, 0.3) is 0 Å². The molecule has 0 aromatic carbocycles. The van der Waals surface area contributed by atoms with E-state index in [0.29, 0.717) is 19.6 Å². The SMILES string of the molecule is CCCCCCCCCCCCCCCCOCCCOP(=O)(CCN1C[C@@H](O)C(O)[C@@H](O)C1)OC[C@H]1O[C@@H](n2ccc(=O)[nH]c2=O)[C@H](O)[C@@H]1O. The van der Waals surface area contributed by atoms with Crippen LogP contribution in [0.3, 0.4) is 0 Å². The molecule has 3 rings (SSSR count). The average molecular weight is 750 g/mol. The lowest BCUT2D eigenvalue weighted by molar-refractivity contribution is -0.108. The fourth-order valence-electron chi connectivity index (χ4n) is 6.47. The molecule has 0 bridgehead atoms. The number of β-amino-alcohol motifs (C(OH)–C–C–N with tert-alkyl or cyclic N) is 2. The van der Waals surface area contributed by atoms with Crippen LogP contribution in [0.5, 0.6) is 0 Å². The van der Waals surface area contributed by atoms with E-state index in [0.717, 1.165) is 29.7 Å². The topological polar surface area (TPSA) is 213 Å². The Kier molecular flexibility index (Phi) is 20.7. The van der Waals surface area contributed by atoms with E-state index < -0.39 is 68.3 Å². The molecule has 2 fully saturated rings. The third-order valence-corrected chi connectivity index (χ3v) is 11.5. The summed E-state index contributed by atoms with van der Waals surface area (Å²) in [4.78, 5) is 27.4. The highest BCUT2D eigenvalue weighted by molar-refractivity contribution is 7.53. The molecular formula is C35H64N3O12P. The molecule has 6 N–H and O–H groups in total. The number of aromatic nitrogens is 2. The Bertz CT molecular complexity index is 1240. The number of aliphatic hydroxyl groups is 5. The molecule has 2 unspecified atom stereocenters. The number of likely N-dealkylation sites (tertiary alicyclic amines) is 1. The number of rotatable bonds is 27. The summed E-state index contributed by atoms with van der Waals surface area (Å²) >= 11 is 0. The number of unbranched alkanes of at least 4 members (excludes halogenated alkanes) is 13. The number of hydrogen-bond acceptors (Lipinski definition) is 13. The largest absolute Gasteiger partial charge is 0.389 e. The second kappa shape index (κ2) is 24.0. The van der Waals surface area contributed by atoms with Crippen LogP contribution in [0.1, 0.15) is 109 Å². The zero-order valence-corrected chi connectivity index (χ0v) is 31.3. The molecule has 0 saturated carbocycles. The molecule has 0 radical (unpaired) electrons. The molecule has 15 nitrogen and oxygen atoms in total. The van der Waals surface area contributed by atoms with E-state index in [1.165, 1.54) is 77.0 Å². The number of aromatic amines is 1. The van der Waals surface area contributed by atoms with Crippen molar-refractivity contribution in [2.75, 3.05) is 52.2 Å². The molecule has 0 aliphatic carbocycles. The summed E-state index contributed by atoms with van der Waals surface area (Å²) in [5.74, 6) is 0. The van der Waals surface area contributed by atoms with Gasteiger partial charge in [-0.2, -0.15) is 0 Å². The lowest BCUT2D eigenvalue weighted by Crippen LogP contribution is -2.55. The first kappa shape index (κ1) is 43.9. The van der Waals surface area contributed by atoms with Gasteiger partial charge in [-0.15, -0.1) is 0 Å². The fraction of sp³-hybridized carbons (Fsp3) is 0.886. The average Bonchev–Trinajstić information content (AvgIpc) is 3.38. The van der Waals surface area contributed by atoms with Gasteiger partial charge in [-0.05, 0) is 12.8 Å². The van der Waals surface area contributed by atoms with Gasteiger partial charge in [0.2, 0.25) is 0 Å². The van der Waals surface area contributed by atoms with Crippen LogP contribution in [0.15, 0.2) is 21.9 Å². The van der Waals surface area contributed by atoms with E-state index in [4.69, 9.17) is 18.5 Å². The Morgan fingerprint density at radius 2 is 1.33 bits per heavy atom. The third-order valence-electron chi connectivity index (χ3n) is 9.63. The van der Waals surface area contributed by atoms with Gasteiger partial charge < -0.3 is 44.1 Å². The summed E-state index contributed by atoms with van der Waals surface area (Å²) in [5, 5.41) is 51.2. The van der Waals surface area contributed by atoms with Crippen molar-refractivity contribution in [3.8, 4) is 0 Å². The minimum absolute atomic E-state index is 0.0531. The van der Waals surface area contributed by atoms with Crippen molar-refractivity contribution in [2.45, 2.75) is 146 Å². The van der Waals surface area contributed by atoms with Crippen LogP contribution in [-0.4, -0.2) is 129 Å². The number of aliphatic hydroxyl groups excluding tert-OH is 5. The van der Waals surface area contributed by atoms with Crippen LogP contribution >= 0.6 is 7.60 Å². The number of nitrogens with zero attached hydrogens (tertiary/aromatic N) is 2. The van der Waals surface area contributed by atoms with Gasteiger partial charge in [0.15, 0.2) is 6.23 Å². The van der Waals surface area contributed by atoms with Crippen LogP contribution in [-0.2, 0) is 23.1 Å². The number of hydrogen-bond donors (Lipinski definition) is 6. The van der Waals surface area contributed by atoms with E-state index in [9.17, 15) is 39.7 Å². The summed E-state index contributed by atoms with van der Waals surface area (Å²) in [6, 6.07) is 1.08. The van der Waals surface area contributed by atoms with Crippen molar-refractivity contribution in [1.82, 2.24) is 14.5 Å². The maximum Gasteiger partial charge on any atom is 0.332 e. The molecule has 16 heteroatoms. The molecule has 2 saturated heterocycles. The second-order valence-electron chi connectivity index (χ2n) is 14.0. The molecular weight excluding hydrogens is 685 g/mol. The summed E-state index contributed by atoms with van der Waals surface area (Å²) in [6.45, 7) is 3.13. The molecule has 1 aromatic heterocycles. The zero-order chi connectivity index (χ0) is 37.1. The van der Waals surface area contributed by atoms with Crippen molar-refractivity contribution in [3.05, 3.63) is 33.1 Å². The molecule has 1 aromatic rings. The van der Waals surface area contributed by atoms with Crippen molar-refractivity contribution < 1.29 is 48.6 Å². The smallest absolute Gasteiger partial charge is 0.332 e. The van der Waals surface area contributed by atoms with Crippen molar-refractivity contribution >= 4 is 7.60 Å². The summed E-state index contributed by atoms with van der Waals surface area (Å²) in [5.41, 5.74) is -1.47. The third kappa shape index (κ3) is 15.8. The molecule has 296 valence electrons. The van der Waals surface area contributed by atoms with E-state index >= 15 is 0 Å². The molecule has 2 aliphatic heterocycles. The Labute approximate surface area is 301 Å². The lowest BCUT2D eigenvalue weighted by atomic mass is 10.0. The quantitative estimate of drug-likeness (QED) is 0.0565. The van der Waals surface area contributed by atoms with E-state index in [1.54, 1.807) is 4.90 Å². The van der Waals surface area contributed by atoms with Gasteiger partial charge in [-0.25, -0.2) is 4.79 Å². The maximum absolute atomic E-state index is 13.9. The van der Waals surface area contributed by atoms with Gasteiger partial charge in [0.25, 0.3) is 5.56 Å². The number of ether oxygens (including phenoxy) is 2. The van der Waals surface area contributed by atoms with E-state index in [-0.39, 0.29) is 32.4 Å². The Balaban J connectivity index is 1.36.